The van der Waals surface area contributed by atoms with E-state index in [1.54, 1.807) is 0 Å². The van der Waals surface area contributed by atoms with E-state index in [2.05, 4.69) is 106 Å². The molecule has 0 aliphatic carbocycles. The van der Waals surface area contributed by atoms with Crippen molar-refractivity contribution in [2.24, 2.45) is 21.2 Å². The van der Waals surface area contributed by atoms with Crippen LogP contribution in [-0.2, 0) is 4.74 Å². The molecule has 0 N–H and O–H groups in total. The van der Waals surface area contributed by atoms with Gasteiger partial charge in [0.15, 0.2) is 0 Å². The van der Waals surface area contributed by atoms with Gasteiger partial charge in [-0.15, -0.1) is 0 Å². The average molecular weight is 471 g/mol. The fraction of sp³-hybridized carbons (Fsp3) is 0.571. The molecule has 0 amide bonds. The van der Waals surface area contributed by atoms with Crippen LogP contribution >= 0.6 is 31.9 Å². The minimum atomic E-state index is -0.0703. The monoisotopic (exact) mass is 469 g/mol. The molecule has 25 heavy (non-hydrogen) atoms. The van der Waals surface area contributed by atoms with Gasteiger partial charge < -0.3 is 4.74 Å². The van der Waals surface area contributed by atoms with E-state index in [1.807, 2.05) is 0 Å². The largest absolute Gasteiger partial charge is 0.465 e. The predicted molar refractivity (Wildman–Crippen MR) is 115 cm³/mol. The van der Waals surface area contributed by atoms with Crippen molar-refractivity contribution in [1.82, 2.24) is 0 Å². The van der Waals surface area contributed by atoms with Crippen molar-refractivity contribution < 1.29 is 4.74 Å². The lowest BCUT2D eigenvalue weighted by molar-refractivity contribution is 0.161. The molecule has 0 bridgehead atoms. The zero-order valence-corrected chi connectivity index (χ0v) is 19.9. The predicted octanol–water partition coefficient (Wildman–Crippen LogP) is 7.63. The summed E-state index contributed by atoms with van der Waals surface area (Å²) in [6, 6.07) is 0. The summed E-state index contributed by atoms with van der Waals surface area (Å²) < 4.78 is 8.29. The second-order valence-corrected chi connectivity index (χ2v) is 11.3. The maximum absolute atomic E-state index is 6.26. The summed E-state index contributed by atoms with van der Waals surface area (Å²) in [5, 5.41) is 0. The third kappa shape index (κ3) is 4.39. The third-order valence-electron chi connectivity index (χ3n) is 4.09. The summed E-state index contributed by atoms with van der Waals surface area (Å²) in [6.07, 6.45) is 4.25. The van der Waals surface area contributed by atoms with E-state index in [9.17, 15) is 0 Å². The number of allylic oxidation sites excluding steroid dienone is 7. The van der Waals surface area contributed by atoms with Crippen LogP contribution in [0.4, 0.5) is 0 Å². The first kappa shape index (κ1) is 20.7. The van der Waals surface area contributed by atoms with Gasteiger partial charge in [-0.2, -0.15) is 0 Å². The molecule has 2 heterocycles. The molecule has 2 aliphatic heterocycles. The molecule has 0 saturated heterocycles. The van der Waals surface area contributed by atoms with Gasteiger partial charge in [0, 0.05) is 21.8 Å². The maximum atomic E-state index is 6.26. The summed E-state index contributed by atoms with van der Waals surface area (Å²) >= 11 is 7.46. The second-order valence-electron chi connectivity index (χ2n) is 9.76. The number of hydrogen-bond donors (Lipinski definition) is 0. The first-order chi connectivity index (χ1) is 11.1. The molecule has 2 aliphatic rings. The van der Waals surface area contributed by atoms with E-state index < -0.39 is 0 Å². The van der Waals surface area contributed by atoms with Crippen molar-refractivity contribution in [3.05, 3.63) is 43.9 Å². The molecular formula is C21H29Br2NO. The molecule has 4 heteroatoms. The van der Waals surface area contributed by atoms with Gasteiger partial charge in [0.05, 0.1) is 20.4 Å². The number of nitrogens with zero attached hydrogens (tertiary/aromatic N) is 1. The van der Waals surface area contributed by atoms with Gasteiger partial charge in [0.1, 0.15) is 11.5 Å². The van der Waals surface area contributed by atoms with Crippen LogP contribution in [0.25, 0.3) is 0 Å². The Morgan fingerprint density at radius 1 is 0.720 bits per heavy atom. The maximum Gasteiger partial charge on any atom is 0.110 e. The lowest BCUT2D eigenvalue weighted by atomic mass is 9.87. The van der Waals surface area contributed by atoms with Crippen LogP contribution in [-0.4, -0.2) is 5.71 Å². The van der Waals surface area contributed by atoms with Crippen LogP contribution in [0.15, 0.2) is 48.9 Å². The van der Waals surface area contributed by atoms with E-state index in [0.717, 1.165) is 37.5 Å². The molecule has 0 unspecified atom stereocenters. The van der Waals surface area contributed by atoms with Gasteiger partial charge >= 0.3 is 0 Å². The van der Waals surface area contributed by atoms with Crippen LogP contribution in [0.2, 0.25) is 0 Å². The van der Waals surface area contributed by atoms with Crippen molar-refractivity contribution in [3.63, 3.8) is 0 Å². The fourth-order valence-electron chi connectivity index (χ4n) is 2.48. The number of rotatable bonds is 0. The molecule has 138 valence electrons. The standard InChI is InChI=1S/C21H29Br2NO/c1-19(2,3)13-10-12(11-14(25-13)20(4,5)6)17-15(22)16(23)18(24-17)21(7,8)9/h10-11H,1-9H3. The first-order valence-electron chi connectivity index (χ1n) is 8.64. The Labute approximate surface area is 169 Å². The Balaban J connectivity index is 2.71. The van der Waals surface area contributed by atoms with Crippen molar-refractivity contribution in [3.8, 4) is 0 Å². The zero-order valence-electron chi connectivity index (χ0n) is 16.8. The highest BCUT2D eigenvalue weighted by molar-refractivity contribution is 9.14. The summed E-state index contributed by atoms with van der Waals surface area (Å²) in [4.78, 5) is 4.96. The lowest BCUT2D eigenvalue weighted by Gasteiger charge is -2.32. The van der Waals surface area contributed by atoms with Crippen LogP contribution < -0.4 is 0 Å². The molecule has 2 rings (SSSR count). The fourth-order valence-corrected chi connectivity index (χ4v) is 3.86. The molecular weight excluding hydrogens is 442 g/mol. The summed E-state index contributed by atoms with van der Waals surface area (Å²) in [5.41, 5.74) is 2.94. The Kier molecular flexibility index (Phi) is 5.40. The summed E-state index contributed by atoms with van der Waals surface area (Å²) in [6.45, 7) is 19.6. The Morgan fingerprint density at radius 3 is 1.48 bits per heavy atom. The minimum absolute atomic E-state index is 0.0293. The van der Waals surface area contributed by atoms with Gasteiger partial charge in [-0.05, 0) is 44.0 Å². The first-order valence-corrected chi connectivity index (χ1v) is 10.2. The van der Waals surface area contributed by atoms with E-state index in [-0.39, 0.29) is 16.2 Å². The molecule has 0 aromatic carbocycles. The van der Waals surface area contributed by atoms with Gasteiger partial charge in [-0.1, -0.05) is 62.3 Å². The quantitative estimate of drug-likeness (QED) is 0.356. The smallest absolute Gasteiger partial charge is 0.110 e. The zero-order chi connectivity index (χ0) is 19.4. The minimum Gasteiger partial charge on any atom is -0.465 e. The molecule has 0 saturated carbocycles. The highest BCUT2D eigenvalue weighted by atomic mass is 79.9. The molecule has 0 atom stereocenters. The van der Waals surface area contributed by atoms with E-state index in [0.29, 0.717) is 0 Å². The van der Waals surface area contributed by atoms with Gasteiger partial charge in [0.2, 0.25) is 0 Å². The van der Waals surface area contributed by atoms with E-state index in [4.69, 9.17) is 9.73 Å². The Bertz CT molecular complexity index is 710. The normalized spacial score (nSPS) is 19.7. The van der Waals surface area contributed by atoms with E-state index >= 15 is 0 Å². The van der Waals surface area contributed by atoms with Crippen molar-refractivity contribution in [2.75, 3.05) is 0 Å². The van der Waals surface area contributed by atoms with Gasteiger partial charge in [-0.25, -0.2) is 4.99 Å². The molecule has 0 aromatic heterocycles. The topological polar surface area (TPSA) is 21.6 Å². The van der Waals surface area contributed by atoms with Crippen molar-refractivity contribution >= 4 is 37.6 Å². The molecule has 0 radical (unpaired) electrons. The summed E-state index contributed by atoms with van der Waals surface area (Å²) in [7, 11) is 0. The number of halogens is 2. The second kappa shape index (κ2) is 6.53. The molecule has 0 aromatic rings. The Hall–Kier alpha value is -0.610. The van der Waals surface area contributed by atoms with Crippen LogP contribution in [0.3, 0.4) is 0 Å². The van der Waals surface area contributed by atoms with Crippen molar-refractivity contribution in [1.29, 1.82) is 0 Å². The highest BCUT2D eigenvalue weighted by Gasteiger charge is 2.33. The highest BCUT2D eigenvalue weighted by Crippen LogP contribution is 2.45. The van der Waals surface area contributed by atoms with Crippen LogP contribution in [0, 0.1) is 16.2 Å². The summed E-state index contributed by atoms with van der Waals surface area (Å²) in [5.74, 6) is 1.94. The third-order valence-corrected chi connectivity index (χ3v) is 6.16. The lowest BCUT2D eigenvalue weighted by Crippen LogP contribution is -2.21. The number of aliphatic imine (C=N–C) groups is 1. The Morgan fingerprint density at radius 2 is 1.16 bits per heavy atom. The molecule has 0 spiro atoms. The molecule has 2 nitrogen and oxygen atoms in total. The van der Waals surface area contributed by atoms with Crippen LogP contribution in [0.5, 0.6) is 0 Å². The van der Waals surface area contributed by atoms with E-state index in [1.165, 1.54) is 0 Å². The van der Waals surface area contributed by atoms with Crippen molar-refractivity contribution in [2.45, 2.75) is 62.3 Å². The molecule has 0 fully saturated rings. The average Bonchev–Trinajstić information content (AvgIpc) is 2.73. The van der Waals surface area contributed by atoms with Crippen LogP contribution in [0.1, 0.15) is 62.3 Å². The SMILES string of the molecule is CC(C)(C)C1=CC(=C2N=C(C(C)(C)C)C(Br)=C2Br)C=C(C(C)(C)C)O1. The van der Waals surface area contributed by atoms with Gasteiger partial charge in [0.25, 0.3) is 0 Å². The van der Waals surface area contributed by atoms with Gasteiger partial charge in [-0.3, -0.25) is 0 Å². The number of ether oxygens (including phenoxy) is 1. The number of hydrogen-bond acceptors (Lipinski definition) is 2.